The molecule has 0 saturated heterocycles. The summed E-state index contributed by atoms with van der Waals surface area (Å²) in [5.74, 6) is 0. The van der Waals surface area contributed by atoms with Crippen molar-refractivity contribution in [2.75, 3.05) is 0 Å². The molecule has 0 aromatic carbocycles. The molecule has 33 valence electrons. The normalized spacial score (nSPS) is 6.00. The maximum absolute atomic E-state index is 9.15. The van der Waals surface area contributed by atoms with Crippen LogP contribution < -0.4 is 5.48 Å². The quantitative estimate of drug-likeness (QED) is 0.222. The summed E-state index contributed by atoms with van der Waals surface area (Å²) >= 11 is 0. The zero-order chi connectivity index (χ0) is 4.83. The van der Waals surface area contributed by atoms with Gasteiger partial charge in [-0.3, -0.25) is 4.79 Å². The molecule has 1 amide bonds. The number of amides is 1. The first-order chi connectivity index (χ1) is 2.91. The van der Waals surface area contributed by atoms with Crippen LogP contribution in [0.25, 0.3) is 0 Å². The zero-order valence-corrected chi connectivity index (χ0v) is 3.10. The molecule has 0 aromatic rings. The van der Waals surface area contributed by atoms with Gasteiger partial charge in [0, 0.05) is 0 Å². The van der Waals surface area contributed by atoms with Crippen LogP contribution in [-0.2, 0) is 9.63 Å². The predicted octanol–water partition coefficient (Wildman–Crippen LogP) is -0.282. The summed E-state index contributed by atoms with van der Waals surface area (Å²) in [5, 5.41) is 0. The predicted molar refractivity (Wildman–Crippen MR) is 20.1 cm³/mol. The van der Waals surface area contributed by atoms with Crippen molar-refractivity contribution in [1.82, 2.24) is 5.48 Å². The Balaban J connectivity index is 2.66. The SMILES string of the molecule is C=CON[C]=O. The van der Waals surface area contributed by atoms with E-state index in [9.17, 15) is 0 Å². The topological polar surface area (TPSA) is 38.3 Å². The Morgan fingerprint density at radius 1 is 2.00 bits per heavy atom. The standard InChI is InChI=1S/C3H4NO2/c1-2-6-4-3-5/h2H,1H2,(H,4,5). The molecule has 0 rings (SSSR count). The monoisotopic (exact) mass is 86.0 g/mol. The van der Waals surface area contributed by atoms with Crippen LogP contribution in [0.3, 0.4) is 0 Å². The smallest absolute Gasteiger partial charge is 0.344 e. The van der Waals surface area contributed by atoms with E-state index in [1.807, 2.05) is 0 Å². The van der Waals surface area contributed by atoms with Crippen LogP contribution in [0.15, 0.2) is 12.8 Å². The maximum atomic E-state index is 9.15. The molecule has 6 heavy (non-hydrogen) atoms. The molecule has 0 heterocycles. The molecule has 0 spiro atoms. The van der Waals surface area contributed by atoms with Crippen molar-refractivity contribution < 1.29 is 9.63 Å². The van der Waals surface area contributed by atoms with Crippen molar-refractivity contribution >= 4 is 6.41 Å². The second-order valence-corrected chi connectivity index (χ2v) is 0.489. The molecule has 0 saturated carbocycles. The van der Waals surface area contributed by atoms with Crippen LogP contribution in [0, 0.1) is 0 Å². The summed E-state index contributed by atoms with van der Waals surface area (Å²) < 4.78 is 0. The first kappa shape index (κ1) is 5.01. The fourth-order valence-electron chi connectivity index (χ4n) is 0.0657. The number of hydrogen-bond donors (Lipinski definition) is 1. The molecule has 0 aliphatic rings. The summed E-state index contributed by atoms with van der Waals surface area (Å²) in [4.78, 5) is 13.2. The molecule has 0 unspecified atom stereocenters. The van der Waals surface area contributed by atoms with Crippen molar-refractivity contribution in [2.45, 2.75) is 0 Å². The second-order valence-electron chi connectivity index (χ2n) is 0.489. The lowest BCUT2D eigenvalue weighted by atomic mass is 11.2. The highest BCUT2D eigenvalue weighted by molar-refractivity contribution is 5.45. The van der Waals surface area contributed by atoms with Gasteiger partial charge in [0.1, 0.15) is 6.26 Å². The van der Waals surface area contributed by atoms with Crippen LogP contribution in [-0.4, -0.2) is 6.41 Å². The van der Waals surface area contributed by atoms with E-state index in [0.29, 0.717) is 0 Å². The highest BCUT2D eigenvalue weighted by Crippen LogP contribution is 1.54. The van der Waals surface area contributed by atoms with Gasteiger partial charge in [0.2, 0.25) is 0 Å². The number of nitrogens with one attached hydrogen (secondary N) is 1. The molecule has 0 atom stereocenters. The lowest BCUT2D eigenvalue weighted by molar-refractivity contribution is 0.189. The van der Waals surface area contributed by atoms with Crippen LogP contribution >= 0.6 is 0 Å². The van der Waals surface area contributed by atoms with Gasteiger partial charge in [-0.25, -0.2) is 0 Å². The van der Waals surface area contributed by atoms with Gasteiger partial charge in [-0.2, -0.15) is 5.48 Å². The molecule has 0 aromatic heterocycles. The third-order valence-electron chi connectivity index (χ3n) is 0.184. The van der Waals surface area contributed by atoms with Gasteiger partial charge in [0.25, 0.3) is 0 Å². The minimum atomic E-state index is 1.09. The summed E-state index contributed by atoms with van der Waals surface area (Å²) in [5.41, 5.74) is 1.77. The van der Waals surface area contributed by atoms with Crippen molar-refractivity contribution in [1.29, 1.82) is 0 Å². The summed E-state index contributed by atoms with van der Waals surface area (Å²) in [6, 6.07) is 0. The first-order valence-electron chi connectivity index (χ1n) is 1.30. The van der Waals surface area contributed by atoms with Crippen molar-refractivity contribution in [2.24, 2.45) is 0 Å². The van der Waals surface area contributed by atoms with Gasteiger partial charge in [-0.05, 0) is 0 Å². The third kappa shape index (κ3) is 3.01. The van der Waals surface area contributed by atoms with E-state index in [1.165, 1.54) is 6.41 Å². The van der Waals surface area contributed by atoms with Crippen molar-refractivity contribution in [3.05, 3.63) is 12.8 Å². The van der Waals surface area contributed by atoms with Crippen LogP contribution in [0.2, 0.25) is 0 Å². The lowest BCUT2D eigenvalue weighted by Gasteiger charge is -1.85. The van der Waals surface area contributed by atoms with Crippen molar-refractivity contribution in [3.8, 4) is 0 Å². The van der Waals surface area contributed by atoms with Gasteiger partial charge >= 0.3 is 6.41 Å². The van der Waals surface area contributed by atoms with Crippen LogP contribution in [0.5, 0.6) is 0 Å². The molecular weight excluding hydrogens is 82.0 g/mol. The van der Waals surface area contributed by atoms with Crippen molar-refractivity contribution in [3.63, 3.8) is 0 Å². The van der Waals surface area contributed by atoms with Crippen LogP contribution in [0.1, 0.15) is 0 Å². The van der Waals surface area contributed by atoms with Gasteiger partial charge in [0.05, 0.1) is 0 Å². The van der Waals surface area contributed by atoms with E-state index in [4.69, 9.17) is 4.79 Å². The summed E-state index contributed by atoms with van der Waals surface area (Å²) in [6.45, 7) is 3.13. The second kappa shape index (κ2) is 4.01. The lowest BCUT2D eigenvalue weighted by Crippen LogP contribution is -2.05. The fourth-order valence-corrected chi connectivity index (χ4v) is 0.0657. The van der Waals surface area contributed by atoms with E-state index in [1.54, 1.807) is 5.48 Å². The Morgan fingerprint density at radius 2 is 2.67 bits per heavy atom. The third-order valence-corrected chi connectivity index (χ3v) is 0.184. The van der Waals surface area contributed by atoms with Gasteiger partial charge in [-0.1, -0.05) is 6.58 Å². The summed E-state index contributed by atoms with van der Waals surface area (Å²) in [6.07, 6.45) is 2.36. The van der Waals surface area contributed by atoms with E-state index in [2.05, 4.69) is 11.4 Å². The van der Waals surface area contributed by atoms with Gasteiger partial charge in [-0.15, -0.1) is 0 Å². The summed E-state index contributed by atoms with van der Waals surface area (Å²) in [7, 11) is 0. The maximum Gasteiger partial charge on any atom is 0.344 e. The highest BCUT2D eigenvalue weighted by atomic mass is 16.6. The first-order valence-corrected chi connectivity index (χ1v) is 1.30. The Bertz CT molecular complexity index is 44.8. The van der Waals surface area contributed by atoms with Crippen LogP contribution in [0.4, 0.5) is 0 Å². The molecule has 3 nitrogen and oxygen atoms in total. The Morgan fingerprint density at radius 3 is 2.83 bits per heavy atom. The fraction of sp³-hybridized carbons (Fsp3) is 0. The van der Waals surface area contributed by atoms with E-state index >= 15 is 0 Å². The van der Waals surface area contributed by atoms with E-state index in [0.717, 1.165) is 6.26 Å². The molecule has 1 N–H and O–H groups in total. The average molecular weight is 86.1 g/mol. The number of hydroxylamine groups is 1. The number of rotatable bonds is 3. The zero-order valence-electron chi connectivity index (χ0n) is 3.10. The molecule has 0 aliphatic carbocycles. The molecule has 0 bridgehead atoms. The largest absolute Gasteiger partial charge is 0.388 e. The molecule has 3 heteroatoms. The average Bonchev–Trinajstić information content (AvgIpc) is 1.61. The number of carbonyl (C=O) groups excluding carboxylic acids is 1. The Hall–Kier alpha value is -0.990. The molecule has 1 radical (unpaired) electrons. The molecule has 0 fully saturated rings. The van der Waals surface area contributed by atoms with Gasteiger partial charge in [0.15, 0.2) is 0 Å². The minimum absolute atomic E-state index is 1.09. The molecular formula is C3H4NO2. The number of hydrogen-bond acceptors (Lipinski definition) is 2. The van der Waals surface area contributed by atoms with E-state index in [-0.39, 0.29) is 0 Å². The Labute approximate surface area is 35.6 Å². The Kier molecular flexibility index (Phi) is 3.35. The highest BCUT2D eigenvalue weighted by Gasteiger charge is 1.63. The van der Waals surface area contributed by atoms with E-state index < -0.39 is 0 Å². The molecule has 0 aliphatic heterocycles. The minimum Gasteiger partial charge on any atom is -0.388 e. The van der Waals surface area contributed by atoms with Gasteiger partial charge < -0.3 is 4.84 Å².